The molecule has 0 radical (unpaired) electrons. The molecule has 8 nitrogen and oxygen atoms in total. The van der Waals surface area contributed by atoms with Crippen molar-refractivity contribution in [2.45, 2.75) is 104 Å². The first-order valence-electron chi connectivity index (χ1n) is 18.8. The third-order valence-corrected chi connectivity index (χ3v) is 12.4. The molecular weight excluding hydrogens is 591 g/mol. The van der Waals surface area contributed by atoms with E-state index in [4.69, 9.17) is 0 Å². The summed E-state index contributed by atoms with van der Waals surface area (Å²) < 4.78 is 15.3. The number of urea groups is 1. The van der Waals surface area contributed by atoms with E-state index in [0.717, 1.165) is 110 Å². The zero-order valence-corrected chi connectivity index (χ0v) is 29.7. The highest BCUT2D eigenvalue weighted by Crippen LogP contribution is 2.66. The molecule has 6 aliphatic rings. The first kappa shape index (κ1) is 34.6. The Morgan fingerprint density at radius 3 is 2.30 bits per heavy atom. The van der Waals surface area contributed by atoms with Gasteiger partial charge < -0.3 is 25.3 Å². The van der Waals surface area contributed by atoms with Crippen LogP contribution in [0.3, 0.4) is 0 Å². The summed E-state index contributed by atoms with van der Waals surface area (Å²) in [4.78, 5) is 35.8. The minimum Gasteiger partial charge on any atom is -0.341 e. The Morgan fingerprint density at radius 2 is 1.64 bits per heavy atom. The molecule has 1 aromatic carbocycles. The first-order valence-corrected chi connectivity index (χ1v) is 18.8. The quantitative estimate of drug-likeness (QED) is 0.299. The summed E-state index contributed by atoms with van der Waals surface area (Å²) in [5, 5.41) is 6.16. The predicted octanol–water partition coefficient (Wildman–Crippen LogP) is 6.17. The third kappa shape index (κ3) is 8.50. The molecule has 2 aliphatic heterocycles. The number of benzene rings is 1. The molecule has 47 heavy (non-hydrogen) atoms. The fourth-order valence-corrected chi connectivity index (χ4v) is 11.0. The average Bonchev–Trinajstić information content (AvgIpc) is 3.23. The van der Waals surface area contributed by atoms with Crippen molar-refractivity contribution < 1.29 is 14.0 Å². The molecule has 2 saturated heterocycles. The Morgan fingerprint density at radius 1 is 0.915 bits per heavy atom. The van der Waals surface area contributed by atoms with E-state index in [2.05, 4.69) is 57.9 Å². The summed E-state index contributed by atoms with van der Waals surface area (Å²) in [5.74, 6) is 1.07. The summed E-state index contributed by atoms with van der Waals surface area (Å²) >= 11 is 0. The summed E-state index contributed by atoms with van der Waals surface area (Å²) in [7, 11) is 0. The molecule has 6 fully saturated rings. The molecule has 1 aromatic rings. The van der Waals surface area contributed by atoms with Gasteiger partial charge in [0.1, 0.15) is 5.82 Å². The average molecular weight is 653 g/mol. The lowest BCUT2D eigenvalue weighted by Crippen LogP contribution is -2.65. The van der Waals surface area contributed by atoms with Gasteiger partial charge in [-0.05, 0) is 124 Å². The van der Waals surface area contributed by atoms with Crippen molar-refractivity contribution in [3.8, 4) is 0 Å². The second-order valence-electron chi connectivity index (χ2n) is 16.8. The van der Waals surface area contributed by atoms with Gasteiger partial charge in [-0.15, -0.1) is 0 Å². The van der Waals surface area contributed by atoms with Gasteiger partial charge in [0.25, 0.3) is 0 Å². The largest absolute Gasteiger partial charge is 0.341 e. The number of amides is 3. The molecule has 4 saturated carbocycles. The molecule has 2 unspecified atom stereocenters. The maximum atomic E-state index is 15.3. The number of likely N-dealkylation sites (N-methyl/N-ethyl adjacent to an activating group) is 1. The van der Waals surface area contributed by atoms with Gasteiger partial charge in [0.15, 0.2) is 0 Å². The van der Waals surface area contributed by atoms with Crippen molar-refractivity contribution >= 4 is 17.6 Å². The molecule has 0 spiro atoms. The Labute approximate surface area is 283 Å². The highest BCUT2D eigenvalue weighted by molar-refractivity contribution is 5.90. The van der Waals surface area contributed by atoms with E-state index >= 15 is 4.39 Å². The van der Waals surface area contributed by atoms with E-state index in [1.165, 1.54) is 19.3 Å². The predicted molar refractivity (Wildman–Crippen MR) is 187 cm³/mol. The van der Waals surface area contributed by atoms with Crippen molar-refractivity contribution in [2.75, 3.05) is 70.8 Å². The highest BCUT2D eigenvalue weighted by atomic mass is 19.1. The van der Waals surface area contributed by atoms with Gasteiger partial charge in [0.05, 0.1) is 5.69 Å². The Bertz CT molecular complexity index is 1240. The first-order chi connectivity index (χ1) is 22.5. The minimum absolute atomic E-state index is 0.173. The Hall–Kier alpha value is -2.23. The van der Waals surface area contributed by atoms with Gasteiger partial charge in [-0.3, -0.25) is 9.69 Å². The van der Waals surface area contributed by atoms with Gasteiger partial charge >= 0.3 is 6.03 Å². The smallest absolute Gasteiger partial charge is 0.319 e. The molecule has 2 atom stereocenters. The number of anilines is 1. The molecule has 4 bridgehead atoms. The Balaban J connectivity index is 0.935. The molecule has 7 rings (SSSR count). The topological polar surface area (TPSA) is 71.2 Å². The molecule has 4 aliphatic carbocycles. The van der Waals surface area contributed by atoms with Gasteiger partial charge in [-0.2, -0.15) is 0 Å². The number of carbonyl (C=O) groups is 2. The number of halogens is 1. The fourth-order valence-electron chi connectivity index (χ4n) is 11.0. The summed E-state index contributed by atoms with van der Waals surface area (Å²) in [6.07, 6.45) is 10.7. The van der Waals surface area contributed by atoms with Crippen molar-refractivity contribution in [2.24, 2.45) is 22.7 Å². The van der Waals surface area contributed by atoms with E-state index in [9.17, 15) is 9.59 Å². The van der Waals surface area contributed by atoms with Crippen LogP contribution in [0.25, 0.3) is 0 Å². The summed E-state index contributed by atoms with van der Waals surface area (Å²) in [6.45, 7) is 19.7. The number of nitrogens with one attached hydrogen (secondary N) is 2. The lowest BCUT2D eigenvalue weighted by molar-refractivity contribution is -0.132. The van der Waals surface area contributed by atoms with Crippen molar-refractivity contribution in [1.29, 1.82) is 0 Å². The van der Waals surface area contributed by atoms with E-state index < -0.39 is 5.82 Å². The third-order valence-electron chi connectivity index (χ3n) is 12.4. The van der Waals surface area contributed by atoms with Crippen LogP contribution in [0, 0.1) is 28.5 Å². The van der Waals surface area contributed by atoms with E-state index in [0.29, 0.717) is 41.5 Å². The van der Waals surface area contributed by atoms with Crippen LogP contribution in [0.5, 0.6) is 0 Å². The second-order valence-corrected chi connectivity index (χ2v) is 16.8. The van der Waals surface area contributed by atoms with Crippen LogP contribution < -0.4 is 10.6 Å². The maximum absolute atomic E-state index is 15.3. The molecule has 2 N–H and O–H groups in total. The minimum atomic E-state index is -0.396. The molecule has 0 aromatic heterocycles. The van der Waals surface area contributed by atoms with Crippen molar-refractivity contribution in [3.05, 3.63) is 29.6 Å². The number of piperidine rings is 1. The van der Waals surface area contributed by atoms with E-state index in [1.807, 2.05) is 6.07 Å². The van der Waals surface area contributed by atoms with E-state index in [1.54, 1.807) is 12.1 Å². The van der Waals surface area contributed by atoms with Gasteiger partial charge in [0.2, 0.25) is 5.91 Å². The fraction of sp³-hybridized carbons (Fsp3) is 0.789. The van der Waals surface area contributed by atoms with Crippen LogP contribution in [-0.2, 0) is 11.3 Å². The standard InChI is InChI=1S/C38H61FN6O2/c1-5-42(6-2)16-17-43-14-10-29(11-15-43)21-34(46)45-13-7-12-44(18-19-45)25-30-8-9-33(32(39)20-30)40-35(47)41-38-24-31-22-36(3,27-38)26-37(4,23-31)28-38/h8-9,20,29,31H,5-7,10-19,21-28H2,1-4H3,(H2,40,41,47). The zero-order chi connectivity index (χ0) is 33.2. The summed E-state index contributed by atoms with van der Waals surface area (Å²) in [5.41, 5.74) is 1.55. The number of hydrogen-bond acceptors (Lipinski definition) is 5. The molecular formula is C38H61FN6O2. The number of rotatable bonds is 11. The van der Waals surface area contributed by atoms with Crippen LogP contribution in [0.4, 0.5) is 14.9 Å². The molecule has 262 valence electrons. The van der Waals surface area contributed by atoms with Gasteiger partial charge in [-0.25, -0.2) is 9.18 Å². The maximum Gasteiger partial charge on any atom is 0.319 e. The van der Waals surface area contributed by atoms with Gasteiger partial charge in [0, 0.05) is 57.8 Å². The number of likely N-dealkylation sites (tertiary alicyclic amines) is 1. The lowest BCUT2D eigenvalue weighted by Gasteiger charge is -2.65. The number of carbonyl (C=O) groups excluding carboxylic acids is 2. The zero-order valence-electron chi connectivity index (χ0n) is 29.7. The Kier molecular flexibility index (Phi) is 10.6. The normalized spacial score (nSPS) is 31.7. The number of nitrogens with zero attached hydrogens (tertiary/aromatic N) is 4. The second kappa shape index (κ2) is 14.3. The van der Waals surface area contributed by atoms with Crippen LogP contribution in [0.1, 0.15) is 97.5 Å². The van der Waals surface area contributed by atoms with Crippen LogP contribution in [0.15, 0.2) is 18.2 Å². The van der Waals surface area contributed by atoms with Crippen LogP contribution >= 0.6 is 0 Å². The SMILES string of the molecule is CCN(CC)CCN1CCC(CC(=O)N2CCCN(Cc3ccc(NC(=O)NC45CC6CC(C)(CC(C)(C6)C4)C5)c(F)c3)CC2)CC1. The molecule has 3 amide bonds. The van der Waals surface area contributed by atoms with Gasteiger partial charge in [-0.1, -0.05) is 33.8 Å². The molecule has 2 heterocycles. The van der Waals surface area contributed by atoms with Crippen molar-refractivity contribution in [3.63, 3.8) is 0 Å². The summed E-state index contributed by atoms with van der Waals surface area (Å²) in [6, 6.07) is 4.90. The highest BCUT2D eigenvalue weighted by Gasteiger charge is 2.60. The van der Waals surface area contributed by atoms with Crippen LogP contribution in [0.2, 0.25) is 0 Å². The monoisotopic (exact) mass is 652 g/mol. The van der Waals surface area contributed by atoms with Crippen molar-refractivity contribution in [1.82, 2.24) is 24.9 Å². The molecule has 9 heteroatoms. The van der Waals surface area contributed by atoms with Crippen LogP contribution in [-0.4, -0.2) is 103 Å². The number of hydrogen-bond donors (Lipinski definition) is 2. The van der Waals surface area contributed by atoms with E-state index in [-0.39, 0.29) is 17.3 Å². The lowest BCUT2D eigenvalue weighted by atomic mass is 9.43.